The highest BCUT2D eigenvalue weighted by Gasteiger charge is 2.42. The minimum atomic E-state index is -0.519. The fraction of sp³-hybridized carbons (Fsp3) is 0.778. The number of aliphatic imine (C=N–C) groups is 1. The van der Waals surface area contributed by atoms with Crippen LogP contribution in [0.1, 0.15) is 27.2 Å². The molecule has 0 aromatic heterocycles. The molecule has 0 N–H and O–H groups in total. The summed E-state index contributed by atoms with van der Waals surface area (Å²) in [5.74, 6) is 1.45. The molecule has 1 aliphatic rings. The predicted octanol–water partition coefficient (Wildman–Crippen LogP) is 1.06. The second kappa shape index (κ2) is 3.01. The normalized spacial score (nSPS) is 20.5. The third-order valence-corrected chi connectivity index (χ3v) is 2.26. The van der Waals surface area contributed by atoms with Gasteiger partial charge in [0, 0.05) is 14.1 Å². The van der Waals surface area contributed by atoms with Gasteiger partial charge in [0.15, 0.2) is 5.54 Å². The van der Waals surface area contributed by atoms with Gasteiger partial charge in [0.1, 0.15) is 0 Å². The molecule has 4 nitrogen and oxygen atoms in total. The molecule has 1 heterocycles. The van der Waals surface area contributed by atoms with Crippen LogP contribution in [-0.2, 0) is 0 Å². The molecule has 1 aliphatic heterocycles. The van der Waals surface area contributed by atoms with E-state index in [-0.39, 0.29) is 0 Å². The Labute approximate surface area is 79.2 Å². The van der Waals surface area contributed by atoms with Crippen molar-refractivity contribution >= 4 is 11.7 Å². The van der Waals surface area contributed by atoms with Gasteiger partial charge in [-0.2, -0.15) is 0 Å². The highest BCUT2D eigenvalue weighted by atomic mass is 16.5. The molecular weight excluding hydrogens is 166 g/mol. The van der Waals surface area contributed by atoms with E-state index in [0.717, 1.165) is 10.6 Å². The van der Waals surface area contributed by atoms with Crippen molar-refractivity contribution in [3.63, 3.8) is 0 Å². The van der Waals surface area contributed by atoms with Crippen molar-refractivity contribution in [2.45, 2.75) is 32.7 Å². The van der Waals surface area contributed by atoms with Crippen LogP contribution in [0.25, 0.3) is 0 Å². The van der Waals surface area contributed by atoms with E-state index in [0.29, 0.717) is 12.3 Å². The molecule has 0 amide bonds. The minimum Gasteiger partial charge on any atom is -0.714 e. The van der Waals surface area contributed by atoms with Gasteiger partial charge in [-0.3, -0.25) is 4.74 Å². The van der Waals surface area contributed by atoms with Crippen LogP contribution >= 0.6 is 0 Å². The SMILES string of the molecule is CCC1=[N+]([O-])C(C)(C)C(N(C)C)=N1. The number of likely N-dealkylation sites (N-methyl/N-ethyl adjacent to an activating group) is 1. The number of nitrogens with zero attached hydrogens (tertiary/aromatic N) is 3. The summed E-state index contributed by atoms with van der Waals surface area (Å²) in [6.07, 6.45) is 0.685. The summed E-state index contributed by atoms with van der Waals surface area (Å²) in [5.41, 5.74) is -0.519. The first-order chi connectivity index (χ1) is 5.91. The van der Waals surface area contributed by atoms with E-state index in [4.69, 9.17) is 0 Å². The topological polar surface area (TPSA) is 41.7 Å². The van der Waals surface area contributed by atoms with Crippen molar-refractivity contribution in [3.05, 3.63) is 5.21 Å². The molecule has 13 heavy (non-hydrogen) atoms. The van der Waals surface area contributed by atoms with Crippen LogP contribution in [0, 0.1) is 5.21 Å². The molecule has 1 rings (SSSR count). The molecule has 0 fully saturated rings. The standard InChI is InChI=1S/C9H17N3O/c1-6-7-10-8(11(4)5)9(2,3)12(7)13/h6H2,1-5H3. The van der Waals surface area contributed by atoms with Gasteiger partial charge in [0.2, 0.25) is 0 Å². The van der Waals surface area contributed by atoms with Gasteiger partial charge in [-0.25, -0.2) is 0 Å². The Balaban J connectivity index is 3.09. The van der Waals surface area contributed by atoms with Gasteiger partial charge in [-0.15, -0.1) is 0 Å². The maximum atomic E-state index is 11.7. The lowest BCUT2D eigenvalue weighted by molar-refractivity contribution is -0.515. The molecule has 0 saturated heterocycles. The monoisotopic (exact) mass is 183 g/mol. The highest BCUT2D eigenvalue weighted by molar-refractivity contribution is 6.02. The van der Waals surface area contributed by atoms with Gasteiger partial charge < -0.3 is 10.1 Å². The number of hydrogen-bond acceptors (Lipinski definition) is 3. The zero-order valence-corrected chi connectivity index (χ0v) is 8.96. The van der Waals surface area contributed by atoms with E-state index in [2.05, 4.69) is 4.99 Å². The van der Waals surface area contributed by atoms with Crippen LogP contribution in [0.15, 0.2) is 4.99 Å². The maximum Gasteiger partial charge on any atom is 0.299 e. The van der Waals surface area contributed by atoms with E-state index in [9.17, 15) is 5.21 Å². The summed E-state index contributed by atoms with van der Waals surface area (Å²) in [6, 6.07) is 0. The number of amidine groups is 2. The van der Waals surface area contributed by atoms with Crippen LogP contribution in [0.2, 0.25) is 0 Å². The molecule has 0 aromatic carbocycles. The van der Waals surface area contributed by atoms with Crippen LogP contribution in [0.4, 0.5) is 0 Å². The van der Waals surface area contributed by atoms with E-state index < -0.39 is 5.54 Å². The Kier molecular flexibility index (Phi) is 2.32. The Morgan fingerprint density at radius 1 is 1.46 bits per heavy atom. The van der Waals surface area contributed by atoms with Crippen LogP contribution < -0.4 is 0 Å². The van der Waals surface area contributed by atoms with Gasteiger partial charge in [-0.05, 0) is 18.8 Å². The average molecular weight is 183 g/mol. The van der Waals surface area contributed by atoms with Gasteiger partial charge in [0.05, 0.1) is 6.42 Å². The minimum absolute atomic E-state index is 0.519. The van der Waals surface area contributed by atoms with Crippen molar-refractivity contribution in [2.75, 3.05) is 14.1 Å². The van der Waals surface area contributed by atoms with E-state index in [1.54, 1.807) is 0 Å². The summed E-state index contributed by atoms with van der Waals surface area (Å²) in [6.45, 7) is 5.72. The number of rotatable bonds is 1. The fourth-order valence-electron chi connectivity index (χ4n) is 1.59. The largest absolute Gasteiger partial charge is 0.714 e. The molecule has 0 spiro atoms. The molecule has 0 aliphatic carbocycles. The fourth-order valence-corrected chi connectivity index (χ4v) is 1.59. The van der Waals surface area contributed by atoms with Crippen LogP contribution in [0.5, 0.6) is 0 Å². The predicted molar refractivity (Wildman–Crippen MR) is 54.1 cm³/mol. The van der Waals surface area contributed by atoms with E-state index in [1.165, 1.54) is 0 Å². The quantitative estimate of drug-likeness (QED) is 0.450. The highest BCUT2D eigenvalue weighted by Crippen LogP contribution is 2.20. The second-order valence-corrected chi connectivity index (χ2v) is 3.95. The zero-order valence-electron chi connectivity index (χ0n) is 8.96. The van der Waals surface area contributed by atoms with Crippen LogP contribution in [0.3, 0.4) is 0 Å². The van der Waals surface area contributed by atoms with Crippen molar-refractivity contribution in [2.24, 2.45) is 4.99 Å². The molecular formula is C9H17N3O. The molecule has 74 valence electrons. The summed E-state index contributed by atoms with van der Waals surface area (Å²) in [5, 5.41) is 11.7. The summed E-state index contributed by atoms with van der Waals surface area (Å²) in [4.78, 5) is 6.21. The van der Waals surface area contributed by atoms with Crippen molar-refractivity contribution in [3.8, 4) is 0 Å². The third-order valence-electron chi connectivity index (χ3n) is 2.26. The summed E-state index contributed by atoms with van der Waals surface area (Å²) in [7, 11) is 3.82. The van der Waals surface area contributed by atoms with Crippen LogP contribution in [-0.4, -0.2) is 40.9 Å². The smallest absolute Gasteiger partial charge is 0.299 e. The van der Waals surface area contributed by atoms with Gasteiger partial charge in [0.25, 0.3) is 11.7 Å². The Morgan fingerprint density at radius 2 is 2.00 bits per heavy atom. The first-order valence-corrected chi connectivity index (χ1v) is 4.51. The van der Waals surface area contributed by atoms with Gasteiger partial charge >= 0.3 is 0 Å². The molecule has 0 radical (unpaired) electrons. The van der Waals surface area contributed by atoms with E-state index >= 15 is 0 Å². The van der Waals surface area contributed by atoms with Gasteiger partial charge in [-0.1, -0.05) is 6.92 Å². The molecule has 0 unspecified atom stereocenters. The average Bonchev–Trinajstić information content (AvgIpc) is 2.25. The lowest BCUT2D eigenvalue weighted by Crippen LogP contribution is -2.45. The first-order valence-electron chi connectivity index (χ1n) is 4.51. The summed E-state index contributed by atoms with van der Waals surface area (Å²) < 4.78 is 1.00. The Morgan fingerprint density at radius 3 is 2.23 bits per heavy atom. The number of hydrogen-bond donors (Lipinski definition) is 0. The molecule has 0 aromatic rings. The molecule has 0 atom stereocenters. The Hall–Kier alpha value is -1.06. The van der Waals surface area contributed by atoms with Crippen molar-refractivity contribution < 1.29 is 4.74 Å². The van der Waals surface area contributed by atoms with E-state index in [1.807, 2.05) is 39.8 Å². The zero-order chi connectivity index (χ0) is 10.2. The lowest BCUT2D eigenvalue weighted by atomic mass is 10.1. The third kappa shape index (κ3) is 1.41. The maximum absolute atomic E-state index is 11.7. The lowest BCUT2D eigenvalue weighted by Gasteiger charge is -2.26. The van der Waals surface area contributed by atoms with Crippen molar-refractivity contribution in [1.82, 2.24) is 4.90 Å². The summed E-state index contributed by atoms with van der Waals surface area (Å²) >= 11 is 0. The van der Waals surface area contributed by atoms with Crippen molar-refractivity contribution in [1.29, 1.82) is 0 Å². The first kappa shape index (κ1) is 10.0. The number of hydroxylamine groups is 1. The molecule has 0 saturated carbocycles. The second-order valence-electron chi connectivity index (χ2n) is 3.95. The Bertz CT molecular complexity index is 277. The molecule has 0 bridgehead atoms. The molecule has 4 heteroatoms.